The summed E-state index contributed by atoms with van der Waals surface area (Å²) >= 11 is 0.395. The molecule has 1 aromatic rings. The van der Waals surface area contributed by atoms with Crippen molar-refractivity contribution in [2.75, 3.05) is 0 Å². The number of rotatable bonds is 5. The first-order chi connectivity index (χ1) is 7.51. The van der Waals surface area contributed by atoms with Crippen LogP contribution in [0.5, 0.6) is 0 Å². The van der Waals surface area contributed by atoms with Crippen molar-refractivity contribution in [3.05, 3.63) is 41.1 Å². The number of hydrogen-bond acceptors (Lipinski definition) is 1. The van der Waals surface area contributed by atoms with Crippen LogP contribution in [0.4, 0.5) is 0 Å². The van der Waals surface area contributed by atoms with E-state index in [0.717, 1.165) is 6.42 Å². The predicted molar refractivity (Wildman–Crippen MR) is 74.6 cm³/mol. The van der Waals surface area contributed by atoms with Gasteiger partial charge in [-0.05, 0) is 0 Å². The van der Waals surface area contributed by atoms with Crippen molar-refractivity contribution < 1.29 is 4.43 Å². The molecule has 0 radical (unpaired) electrons. The molecular weight excluding hydrogens is 279 g/mol. The third-order valence-corrected chi connectivity index (χ3v) is 4.67. The van der Waals surface area contributed by atoms with E-state index in [1.165, 1.54) is 10.2 Å². The molecule has 0 atom stereocenters. The van der Waals surface area contributed by atoms with Gasteiger partial charge in [0.25, 0.3) is 0 Å². The van der Waals surface area contributed by atoms with Gasteiger partial charge < -0.3 is 0 Å². The van der Waals surface area contributed by atoms with Gasteiger partial charge in [0.15, 0.2) is 0 Å². The van der Waals surface area contributed by atoms with E-state index in [2.05, 4.69) is 61.9 Å². The molecule has 0 unspecified atom stereocenters. The Bertz CT molecular complexity index is 341. The van der Waals surface area contributed by atoms with Crippen LogP contribution in [0.3, 0.4) is 0 Å². The molecule has 0 fully saturated rings. The fourth-order valence-electron chi connectivity index (χ4n) is 1.21. The molecule has 1 rings (SSSR count). The van der Waals surface area contributed by atoms with Gasteiger partial charge in [-0.15, -0.1) is 0 Å². The van der Waals surface area contributed by atoms with Crippen LogP contribution in [0.1, 0.15) is 13.3 Å². The molecule has 0 spiro atoms. The van der Waals surface area contributed by atoms with Gasteiger partial charge >= 0.3 is 106 Å². The van der Waals surface area contributed by atoms with Crippen LogP contribution in [0, 0.1) is 0 Å². The van der Waals surface area contributed by atoms with Crippen molar-refractivity contribution in [2.45, 2.75) is 33.0 Å². The predicted octanol–water partition coefficient (Wildman–Crippen LogP) is 3.12. The minimum absolute atomic E-state index is 0.395. The summed E-state index contributed by atoms with van der Waals surface area (Å²) in [6, 6.07) is 10.6. The summed E-state index contributed by atoms with van der Waals surface area (Å²) in [6.07, 6.45) is 0.999. The van der Waals surface area contributed by atoms with E-state index >= 15 is 0 Å². The molecule has 0 amide bonds. The van der Waals surface area contributed by atoms with E-state index in [1.54, 1.807) is 0 Å². The van der Waals surface area contributed by atoms with Gasteiger partial charge in [0.05, 0.1) is 0 Å². The Labute approximate surface area is 106 Å². The third-order valence-electron chi connectivity index (χ3n) is 1.86. The topological polar surface area (TPSA) is 9.23 Å². The summed E-state index contributed by atoms with van der Waals surface area (Å²) in [6.45, 7) is 8.84. The van der Waals surface area contributed by atoms with Crippen molar-refractivity contribution >= 4 is 27.7 Å². The van der Waals surface area contributed by atoms with Crippen molar-refractivity contribution in [3.8, 4) is 0 Å². The van der Waals surface area contributed by atoms with E-state index in [4.69, 9.17) is 4.43 Å². The Hall–Kier alpha value is -0.504. The van der Waals surface area contributed by atoms with Gasteiger partial charge in [-0.1, -0.05) is 0 Å². The summed E-state index contributed by atoms with van der Waals surface area (Å²) in [7, 11) is -1.44. The molecule has 3 heteroatoms. The summed E-state index contributed by atoms with van der Waals surface area (Å²) < 4.78 is 7.43. The minimum atomic E-state index is -1.44. The van der Waals surface area contributed by atoms with E-state index in [9.17, 15) is 0 Å². The normalized spacial score (nSPS) is 12.6. The summed E-state index contributed by atoms with van der Waals surface area (Å²) in [5.41, 5.74) is 0. The molecule has 0 aliphatic carbocycles. The fraction of sp³-hybridized carbons (Fsp3) is 0.385. The summed E-state index contributed by atoms with van der Waals surface area (Å²) in [5.74, 6) is 1.17. The SMILES string of the molecule is CC/C(=C\[Se]c1ccccc1)O[Si](C)(C)C. The van der Waals surface area contributed by atoms with Crippen LogP contribution < -0.4 is 4.46 Å². The maximum absolute atomic E-state index is 6.02. The van der Waals surface area contributed by atoms with Gasteiger partial charge in [-0.2, -0.15) is 0 Å². The van der Waals surface area contributed by atoms with Crippen molar-refractivity contribution in [1.82, 2.24) is 0 Å². The van der Waals surface area contributed by atoms with Crippen LogP contribution in [0.15, 0.2) is 41.1 Å². The van der Waals surface area contributed by atoms with Crippen molar-refractivity contribution in [3.63, 3.8) is 0 Å². The molecule has 0 saturated heterocycles. The quantitative estimate of drug-likeness (QED) is 0.599. The zero-order chi connectivity index (χ0) is 12.0. The van der Waals surface area contributed by atoms with E-state index in [1.807, 2.05) is 0 Å². The first-order valence-corrected chi connectivity index (χ1v) is 10.9. The van der Waals surface area contributed by atoms with E-state index in [-0.39, 0.29) is 0 Å². The van der Waals surface area contributed by atoms with Crippen molar-refractivity contribution in [1.29, 1.82) is 0 Å². The van der Waals surface area contributed by atoms with Crippen molar-refractivity contribution in [2.24, 2.45) is 0 Å². The van der Waals surface area contributed by atoms with Gasteiger partial charge in [-0.25, -0.2) is 0 Å². The molecule has 0 aliphatic heterocycles. The first-order valence-electron chi connectivity index (χ1n) is 5.61. The average molecular weight is 299 g/mol. The second-order valence-electron chi connectivity index (χ2n) is 4.58. The summed E-state index contributed by atoms with van der Waals surface area (Å²) in [5, 5.41) is 0. The Morgan fingerprint density at radius 3 is 2.38 bits per heavy atom. The molecule has 1 aromatic carbocycles. The molecule has 0 aliphatic rings. The summed E-state index contributed by atoms with van der Waals surface area (Å²) in [4.78, 5) is 2.28. The molecule has 0 heterocycles. The van der Waals surface area contributed by atoms with Crippen LogP contribution >= 0.6 is 0 Å². The van der Waals surface area contributed by atoms with Gasteiger partial charge in [0, 0.05) is 0 Å². The van der Waals surface area contributed by atoms with E-state index in [0.29, 0.717) is 15.0 Å². The van der Waals surface area contributed by atoms with Gasteiger partial charge in [0.1, 0.15) is 0 Å². The maximum atomic E-state index is 6.02. The molecule has 0 aromatic heterocycles. The zero-order valence-corrected chi connectivity index (χ0v) is 13.2. The molecule has 1 nitrogen and oxygen atoms in total. The van der Waals surface area contributed by atoms with Crippen LogP contribution in [-0.4, -0.2) is 23.3 Å². The Morgan fingerprint density at radius 1 is 1.25 bits per heavy atom. The second kappa shape index (κ2) is 6.29. The van der Waals surface area contributed by atoms with E-state index < -0.39 is 8.32 Å². The van der Waals surface area contributed by atoms with Crippen LogP contribution in [-0.2, 0) is 4.43 Å². The molecule has 0 N–H and O–H groups in total. The first kappa shape index (κ1) is 13.6. The molecule has 0 saturated carbocycles. The number of hydrogen-bond donors (Lipinski definition) is 0. The van der Waals surface area contributed by atoms with Gasteiger partial charge in [0.2, 0.25) is 0 Å². The average Bonchev–Trinajstić information content (AvgIpc) is 2.24. The zero-order valence-electron chi connectivity index (χ0n) is 10.5. The molecular formula is C13H20OSeSi. The Kier molecular flexibility index (Phi) is 5.33. The third kappa shape index (κ3) is 5.54. The fourth-order valence-corrected chi connectivity index (χ4v) is 4.06. The second-order valence-corrected chi connectivity index (χ2v) is 11.0. The Morgan fingerprint density at radius 2 is 1.88 bits per heavy atom. The van der Waals surface area contributed by atoms with Gasteiger partial charge in [-0.3, -0.25) is 0 Å². The molecule has 0 bridgehead atoms. The molecule has 88 valence electrons. The number of benzene rings is 1. The molecule has 16 heavy (non-hydrogen) atoms. The van der Waals surface area contributed by atoms with Crippen LogP contribution in [0.25, 0.3) is 0 Å². The number of allylic oxidation sites excluding steroid dienone is 1. The standard InChI is InChI=1S/C13H20OSeSi/c1-5-12(14-16(2,3)4)11-15-13-9-7-6-8-10-13/h6-11H,5H2,1-4H3/b12-11+. The Balaban J connectivity index is 2.60. The van der Waals surface area contributed by atoms with Crippen LogP contribution in [0.2, 0.25) is 19.6 Å². The monoisotopic (exact) mass is 300 g/mol.